The van der Waals surface area contributed by atoms with Crippen LogP contribution in [0.15, 0.2) is 0 Å². The van der Waals surface area contributed by atoms with E-state index < -0.39 is 17.5 Å². The lowest BCUT2D eigenvalue weighted by Crippen LogP contribution is -2.24. The Balaban J connectivity index is 2.51. The van der Waals surface area contributed by atoms with E-state index >= 15 is 0 Å². The number of carboxylic acid groups (broad SMARTS) is 1. The predicted octanol–water partition coefficient (Wildman–Crippen LogP) is 3.87. The van der Waals surface area contributed by atoms with Crippen LogP contribution in [-0.4, -0.2) is 45.7 Å². The van der Waals surface area contributed by atoms with E-state index in [2.05, 4.69) is 9.97 Å². The van der Waals surface area contributed by atoms with Crippen molar-refractivity contribution in [3.05, 3.63) is 45.0 Å². The number of carbonyl (C=O) groups excluding carboxylic acids is 2. The Hall–Kier alpha value is -3.03. The van der Waals surface area contributed by atoms with Gasteiger partial charge >= 0.3 is 17.9 Å². The summed E-state index contributed by atoms with van der Waals surface area (Å²) in [6.45, 7) is 11.0. The number of rotatable bonds is 8. The molecule has 170 valence electrons. The van der Waals surface area contributed by atoms with Crippen LogP contribution in [-0.2, 0) is 33.5 Å². The van der Waals surface area contributed by atoms with Crippen molar-refractivity contribution in [1.82, 2.24) is 9.97 Å². The molecule has 2 aromatic rings. The number of aromatic amines is 2. The molecule has 0 aromatic carbocycles. The van der Waals surface area contributed by atoms with Crippen LogP contribution in [0.2, 0.25) is 0 Å². The van der Waals surface area contributed by atoms with Crippen LogP contribution in [0.4, 0.5) is 0 Å². The van der Waals surface area contributed by atoms with Gasteiger partial charge in [-0.1, -0.05) is 6.92 Å². The Labute approximate surface area is 182 Å². The van der Waals surface area contributed by atoms with Gasteiger partial charge in [0.25, 0.3) is 0 Å². The lowest BCUT2D eigenvalue weighted by molar-refractivity contribution is -0.140. The molecule has 0 saturated carbocycles. The number of carbonyl (C=O) groups is 3. The molecule has 0 spiro atoms. The van der Waals surface area contributed by atoms with Gasteiger partial charge in [-0.3, -0.25) is 4.79 Å². The van der Waals surface area contributed by atoms with Crippen molar-refractivity contribution in [3.63, 3.8) is 0 Å². The van der Waals surface area contributed by atoms with Gasteiger partial charge in [0.15, 0.2) is 0 Å². The zero-order valence-electron chi connectivity index (χ0n) is 19.3. The van der Waals surface area contributed by atoms with Gasteiger partial charge < -0.3 is 24.5 Å². The summed E-state index contributed by atoms with van der Waals surface area (Å²) in [5.74, 6) is -1.83. The lowest BCUT2D eigenvalue weighted by Gasteiger charge is -2.19. The van der Waals surface area contributed by atoms with Gasteiger partial charge in [0.2, 0.25) is 0 Å². The van der Waals surface area contributed by atoms with Gasteiger partial charge in [0.05, 0.1) is 7.11 Å². The molecule has 0 aliphatic carbocycles. The maximum atomic E-state index is 12.7. The van der Waals surface area contributed by atoms with Crippen molar-refractivity contribution in [2.24, 2.45) is 0 Å². The first-order valence-corrected chi connectivity index (χ1v) is 10.3. The molecule has 2 heterocycles. The van der Waals surface area contributed by atoms with E-state index in [-0.39, 0.29) is 18.1 Å². The molecule has 2 aromatic heterocycles. The van der Waals surface area contributed by atoms with E-state index in [0.717, 1.165) is 22.5 Å². The molecule has 0 bridgehead atoms. The molecule has 2 rings (SSSR count). The molecule has 0 atom stereocenters. The van der Waals surface area contributed by atoms with Crippen LogP contribution in [0.1, 0.15) is 88.7 Å². The minimum absolute atomic E-state index is 0.165. The normalized spacial score (nSPS) is 11.5. The Morgan fingerprint density at radius 1 is 0.968 bits per heavy atom. The molecule has 8 nitrogen and oxygen atoms in total. The number of methoxy groups -OCH3 is 1. The van der Waals surface area contributed by atoms with E-state index in [1.54, 1.807) is 27.7 Å². The van der Waals surface area contributed by atoms with E-state index in [0.29, 0.717) is 36.1 Å². The van der Waals surface area contributed by atoms with Crippen molar-refractivity contribution < 1.29 is 29.0 Å². The maximum Gasteiger partial charge on any atom is 0.355 e. The molecule has 0 radical (unpaired) electrons. The standard InChI is InChI=1S/C23H32N2O6/c1-8-14-12(2)19(21(27)28)24-16(14)11-17-15(9-10-18(26)30-7)13(3)20(25-17)22(29)31-23(4,5)6/h24-25H,8-11H2,1-7H3,(H,27,28). The zero-order chi connectivity index (χ0) is 23.5. The highest BCUT2D eigenvalue weighted by atomic mass is 16.6. The minimum Gasteiger partial charge on any atom is -0.477 e. The van der Waals surface area contributed by atoms with Crippen molar-refractivity contribution in [3.8, 4) is 0 Å². The van der Waals surface area contributed by atoms with E-state index in [1.807, 2.05) is 13.8 Å². The van der Waals surface area contributed by atoms with Gasteiger partial charge in [-0.15, -0.1) is 0 Å². The highest BCUT2D eigenvalue weighted by molar-refractivity contribution is 5.90. The number of aromatic carboxylic acids is 1. The predicted molar refractivity (Wildman–Crippen MR) is 116 cm³/mol. The van der Waals surface area contributed by atoms with Crippen LogP contribution in [0, 0.1) is 13.8 Å². The first kappa shape index (κ1) is 24.2. The Morgan fingerprint density at radius 2 is 1.52 bits per heavy atom. The fraction of sp³-hybridized carbons (Fsp3) is 0.522. The average molecular weight is 433 g/mol. The number of hydrogen-bond donors (Lipinski definition) is 3. The van der Waals surface area contributed by atoms with Gasteiger partial charge in [0, 0.05) is 24.2 Å². The van der Waals surface area contributed by atoms with Gasteiger partial charge in [-0.05, 0) is 69.7 Å². The molecule has 0 aliphatic heterocycles. The fourth-order valence-corrected chi connectivity index (χ4v) is 3.77. The SMILES string of the molecule is CCc1c(Cc2[nH]c(C(=O)OC(C)(C)C)c(C)c2CCC(=O)OC)[nH]c(C(=O)O)c1C. The third-order valence-electron chi connectivity index (χ3n) is 5.27. The molecule has 0 unspecified atom stereocenters. The monoisotopic (exact) mass is 432 g/mol. The molecular formula is C23H32N2O6. The Morgan fingerprint density at radius 3 is 2.03 bits per heavy atom. The summed E-state index contributed by atoms with van der Waals surface area (Å²) >= 11 is 0. The van der Waals surface area contributed by atoms with Gasteiger partial charge in [0.1, 0.15) is 17.0 Å². The summed E-state index contributed by atoms with van der Waals surface area (Å²) in [6, 6.07) is 0. The second kappa shape index (κ2) is 9.41. The number of H-pyrrole nitrogens is 2. The first-order valence-electron chi connectivity index (χ1n) is 10.3. The molecule has 0 aliphatic rings. The Kier molecular flexibility index (Phi) is 7.36. The first-order chi connectivity index (χ1) is 14.4. The van der Waals surface area contributed by atoms with Crippen molar-refractivity contribution in [2.45, 2.75) is 72.8 Å². The van der Waals surface area contributed by atoms with Crippen LogP contribution in [0.5, 0.6) is 0 Å². The van der Waals surface area contributed by atoms with Crippen LogP contribution >= 0.6 is 0 Å². The average Bonchev–Trinajstić information content (AvgIpc) is 3.15. The molecular weight excluding hydrogens is 400 g/mol. The highest BCUT2D eigenvalue weighted by Crippen LogP contribution is 2.27. The maximum absolute atomic E-state index is 12.7. The van der Waals surface area contributed by atoms with Gasteiger partial charge in [-0.25, -0.2) is 9.59 Å². The fourth-order valence-electron chi connectivity index (χ4n) is 3.77. The number of hydrogen-bond acceptors (Lipinski definition) is 5. The largest absolute Gasteiger partial charge is 0.477 e. The second-order valence-electron chi connectivity index (χ2n) is 8.58. The van der Waals surface area contributed by atoms with Gasteiger partial charge in [-0.2, -0.15) is 0 Å². The summed E-state index contributed by atoms with van der Waals surface area (Å²) in [7, 11) is 1.34. The smallest absolute Gasteiger partial charge is 0.355 e. The molecule has 8 heteroatoms. The quantitative estimate of drug-likeness (QED) is 0.545. The van der Waals surface area contributed by atoms with Crippen molar-refractivity contribution in [2.75, 3.05) is 7.11 Å². The summed E-state index contributed by atoms with van der Waals surface area (Å²) in [6.07, 6.45) is 1.60. The number of esters is 2. The molecule has 0 fully saturated rings. The highest BCUT2D eigenvalue weighted by Gasteiger charge is 2.26. The number of nitrogens with one attached hydrogen (secondary N) is 2. The molecule has 0 saturated heterocycles. The van der Waals surface area contributed by atoms with Crippen LogP contribution in [0.25, 0.3) is 0 Å². The molecule has 3 N–H and O–H groups in total. The molecule has 31 heavy (non-hydrogen) atoms. The topological polar surface area (TPSA) is 121 Å². The van der Waals surface area contributed by atoms with Crippen molar-refractivity contribution >= 4 is 17.9 Å². The lowest BCUT2D eigenvalue weighted by atomic mass is 9.99. The molecule has 0 amide bonds. The number of carboxylic acids is 1. The van der Waals surface area contributed by atoms with E-state index in [1.165, 1.54) is 7.11 Å². The van der Waals surface area contributed by atoms with Crippen molar-refractivity contribution in [1.29, 1.82) is 0 Å². The Bertz CT molecular complexity index is 991. The minimum atomic E-state index is -1.01. The number of ether oxygens (including phenoxy) is 2. The van der Waals surface area contributed by atoms with E-state index in [4.69, 9.17) is 9.47 Å². The van der Waals surface area contributed by atoms with Crippen LogP contribution in [0.3, 0.4) is 0 Å². The zero-order valence-corrected chi connectivity index (χ0v) is 19.3. The second-order valence-corrected chi connectivity index (χ2v) is 8.58. The summed E-state index contributed by atoms with van der Waals surface area (Å²) < 4.78 is 10.3. The summed E-state index contributed by atoms with van der Waals surface area (Å²) in [5.41, 5.74) is 4.56. The third kappa shape index (κ3) is 5.57. The van der Waals surface area contributed by atoms with E-state index in [9.17, 15) is 19.5 Å². The number of aromatic nitrogens is 2. The third-order valence-corrected chi connectivity index (χ3v) is 5.27. The summed E-state index contributed by atoms with van der Waals surface area (Å²) in [4.78, 5) is 42.2. The van der Waals surface area contributed by atoms with Crippen LogP contribution < -0.4 is 0 Å². The summed E-state index contributed by atoms with van der Waals surface area (Å²) in [5, 5.41) is 9.47.